The Morgan fingerprint density at radius 2 is 1.54 bits per heavy atom. The van der Waals surface area contributed by atoms with Gasteiger partial charge in [0.25, 0.3) is 0 Å². The first-order valence-electron chi connectivity index (χ1n) is 14.5. The van der Waals surface area contributed by atoms with Gasteiger partial charge in [0.15, 0.2) is 5.79 Å². The number of aliphatic hydroxyl groups is 3. The first-order valence-corrected chi connectivity index (χ1v) is 14.5. The Kier molecular flexibility index (Phi) is 4.32. The maximum atomic E-state index is 12.2. The maximum absolute atomic E-state index is 12.2. The minimum atomic E-state index is -0.953. The van der Waals surface area contributed by atoms with Gasteiger partial charge in [-0.25, -0.2) is 0 Å². The molecule has 7 rings (SSSR count). The predicted octanol–water partition coefficient (Wildman–Crippen LogP) is 4.66. The molecule has 5 aliphatic carbocycles. The van der Waals surface area contributed by atoms with Crippen LogP contribution in [0.25, 0.3) is 0 Å². The summed E-state index contributed by atoms with van der Waals surface area (Å²) in [6.45, 7) is 15.4. The van der Waals surface area contributed by atoms with Crippen LogP contribution in [0, 0.1) is 50.7 Å². The number of ether oxygens (including phenoxy) is 2. The van der Waals surface area contributed by atoms with Gasteiger partial charge in [-0.15, -0.1) is 0 Å². The van der Waals surface area contributed by atoms with Crippen LogP contribution in [0.1, 0.15) is 99.8 Å². The van der Waals surface area contributed by atoms with Crippen molar-refractivity contribution in [1.29, 1.82) is 0 Å². The summed E-state index contributed by atoms with van der Waals surface area (Å²) in [7, 11) is 0. The molecule has 0 radical (unpaired) electrons. The van der Waals surface area contributed by atoms with Gasteiger partial charge in [-0.3, -0.25) is 0 Å². The predicted molar refractivity (Wildman–Crippen MR) is 132 cm³/mol. The van der Waals surface area contributed by atoms with Crippen LogP contribution in [0.2, 0.25) is 0 Å². The fourth-order valence-corrected chi connectivity index (χ4v) is 12.7. The van der Waals surface area contributed by atoms with Gasteiger partial charge in [0.05, 0.1) is 23.9 Å². The van der Waals surface area contributed by atoms with Crippen molar-refractivity contribution in [3.05, 3.63) is 0 Å². The molecule has 5 nitrogen and oxygen atoms in total. The summed E-state index contributed by atoms with van der Waals surface area (Å²) in [5.41, 5.74) is -0.908. The van der Waals surface area contributed by atoms with Crippen LogP contribution in [0.5, 0.6) is 0 Å². The smallest absolute Gasteiger partial charge is 0.173 e. The summed E-state index contributed by atoms with van der Waals surface area (Å²) >= 11 is 0. The zero-order valence-corrected chi connectivity index (χ0v) is 22.9. The molecule has 0 aromatic rings. The van der Waals surface area contributed by atoms with Gasteiger partial charge in [0.2, 0.25) is 0 Å². The van der Waals surface area contributed by atoms with Crippen molar-refractivity contribution in [2.24, 2.45) is 50.7 Å². The fraction of sp³-hybridized carbons (Fsp3) is 1.00. The third-order valence-corrected chi connectivity index (χ3v) is 14.1. The molecule has 3 N–H and O–H groups in total. The van der Waals surface area contributed by atoms with Crippen LogP contribution in [0.4, 0.5) is 0 Å². The molecule has 7 fully saturated rings. The lowest BCUT2D eigenvalue weighted by molar-refractivity contribution is -0.255. The Hall–Kier alpha value is -0.200. The standard InChI is InChI=1S/C30H48O5/c1-16-12-17-23(25(4,5)33)35-30(34-17)14-26(6)19-9-8-18-24(2,3)20(31)10-11-28(18)15-29(19,28)13-21(32)27(26,7)22(16)30/h16-23,31-33H,8-15H2,1-7H3/t16-,17+,18+,19+,20+,21-,22-,23-,26+,27-,28-,29-,30-/m1/s1. The molecule has 0 unspecified atom stereocenters. The summed E-state index contributed by atoms with van der Waals surface area (Å²) in [5.74, 6) is 0.894. The SMILES string of the molecule is C[C@@H]1C[C@@H]2O[C@]3(C[C@@]4(C)[C@@H]5CC[C@H]6C(C)(C)[C@@H](O)CC[C@@]67C[C@]57C[C@@H](O)[C@]4(C)[C@@H]13)O[C@H]2C(C)(C)O. The average Bonchev–Trinajstić information content (AvgIpc) is 3.20. The molecule has 5 heteroatoms. The quantitative estimate of drug-likeness (QED) is 0.500. The summed E-state index contributed by atoms with van der Waals surface area (Å²) in [5, 5.41) is 34.1. The fourth-order valence-electron chi connectivity index (χ4n) is 12.7. The minimum Gasteiger partial charge on any atom is -0.393 e. The molecular formula is C30H48O5. The van der Waals surface area contributed by atoms with Crippen LogP contribution in [0.15, 0.2) is 0 Å². The third kappa shape index (κ3) is 2.38. The number of hydrogen-bond donors (Lipinski definition) is 3. The Labute approximate surface area is 211 Å². The number of rotatable bonds is 1. The second-order valence-corrected chi connectivity index (χ2v) is 16.0. The lowest BCUT2D eigenvalue weighted by atomic mass is 9.41. The lowest BCUT2D eigenvalue weighted by Crippen LogP contribution is -2.62. The molecular weight excluding hydrogens is 440 g/mol. The highest BCUT2D eigenvalue weighted by Crippen LogP contribution is 2.90. The van der Waals surface area contributed by atoms with Gasteiger partial charge < -0.3 is 24.8 Å². The largest absolute Gasteiger partial charge is 0.393 e. The Balaban J connectivity index is 1.32. The number of fused-ring (bicyclic) bond motifs is 4. The van der Waals surface area contributed by atoms with Crippen LogP contribution >= 0.6 is 0 Å². The van der Waals surface area contributed by atoms with Crippen molar-refractivity contribution in [2.75, 3.05) is 0 Å². The van der Waals surface area contributed by atoms with Crippen molar-refractivity contribution < 1.29 is 24.8 Å². The normalized spacial score (nSPS) is 63.9. The van der Waals surface area contributed by atoms with Crippen LogP contribution in [-0.4, -0.2) is 51.1 Å². The highest BCUT2D eigenvalue weighted by Gasteiger charge is 2.87. The van der Waals surface area contributed by atoms with Gasteiger partial charge in [0.1, 0.15) is 6.10 Å². The van der Waals surface area contributed by atoms with E-state index in [4.69, 9.17) is 9.47 Å². The van der Waals surface area contributed by atoms with E-state index in [0.29, 0.717) is 17.8 Å². The number of aliphatic hydroxyl groups excluding tert-OH is 2. The molecule has 2 aliphatic heterocycles. The van der Waals surface area contributed by atoms with Crippen LogP contribution in [0.3, 0.4) is 0 Å². The van der Waals surface area contributed by atoms with Crippen molar-refractivity contribution >= 4 is 0 Å². The van der Waals surface area contributed by atoms with E-state index in [1.54, 1.807) is 0 Å². The molecule has 198 valence electrons. The van der Waals surface area contributed by atoms with E-state index >= 15 is 0 Å². The molecule has 2 heterocycles. The van der Waals surface area contributed by atoms with Crippen LogP contribution < -0.4 is 0 Å². The van der Waals surface area contributed by atoms with E-state index in [1.807, 2.05) is 13.8 Å². The van der Waals surface area contributed by atoms with Crippen molar-refractivity contribution in [2.45, 2.75) is 136 Å². The first-order chi connectivity index (χ1) is 16.1. The summed E-state index contributed by atoms with van der Waals surface area (Å²) in [6.07, 6.45) is 7.19. The molecule has 35 heavy (non-hydrogen) atoms. The molecule has 5 saturated carbocycles. The zero-order valence-electron chi connectivity index (χ0n) is 22.9. The van der Waals surface area contributed by atoms with Gasteiger partial charge in [-0.05, 0) is 98.2 Å². The van der Waals surface area contributed by atoms with Gasteiger partial charge in [0, 0.05) is 17.8 Å². The van der Waals surface area contributed by atoms with Gasteiger partial charge in [-0.2, -0.15) is 0 Å². The van der Waals surface area contributed by atoms with E-state index in [2.05, 4.69) is 34.6 Å². The molecule has 13 atom stereocenters. The monoisotopic (exact) mass is 488 g/mol. The van der Waals surface area contributed by atoms with E-state index in [-0.39, 0.29) is 57.4 Å². The molecule has 0 amide bonds. The van der Waals surface area contributed by atoms with Crippen molar-refractivity contribution in [1.82, 2.24) is 0 Å². The van der Waals surface area contributed by atoms with E-state index in [0.717, 1.165) is 32.1 Å². The molecule has 0 aromatic carbocycles. The molecule has 3 spiro atoms. The minimum absolute atomic E-state index is 0.0545. The first kappa shape index (κ1) is 23.9. The summed E-state index contributed by atoms with van der Waals surface area (Å²) in [6, 6.07) is 0. The van der Waals surface area contributed by atoms with Crippen molar-refractivity contribution in [3.8, 4) is 0 Å². The molecule has 7 aliphatic rings. The second kappa shape index (κ2) is 6.33. The van der Waals surface area contributed by atoms with Gasteiger partial charge >= 0.3 is 0 Å². The Morgan fingerprint density at radius 3 is 2.23 bits per heavy atom. The highest BCUT2D eigenvalue weighted by atomic mass is 16.8. The Morgan fingerprint density at radius 1 is 0.857 bits per heavy atom. The van der Waals surface area contributed by atoms with Gasteiger partial charge in [-0.1, -0.05) is 34.6 Å². The topological polar surface area (TPSA) is 79.2 Å². The van der Waals surface area contributed by atoms with E-state index < -0.39 is 11.4 Å². The number of hydrogen-bond acceptors (Lipinski definition) is 5. The van der Waals surface area contributed by atoms with E-state index in [1.165, 1.54) is 19.3 Å². The second-order valence-electron chi connectivity index (χ2n) is 16.0. The summed E-state index contributed by atoms with van der Waals surface area (Å²) < 4.78 is 13.7. The molecule has 2 bridgehead atoms. The summed E-state index contributed by atoms with van der Waals surface area (Å²) in [4.78, 5) is 0. The lowest BCUT2D eigenvalue weighted by Gasteiger charge is -2.64. The third-order valence-electron chi connectivity index (χ3n) is 14.1. The zero-order chi connectivity index (χ0) is 25.2. The average molecular weight is 489 g/mol. The van der Waals surface area contributed by atoms with E-state index in [9.17, 15) is 15.3 Å². The van der Waals surface area contributed by atoms with Crippen LogP contribution in [-0.2, 0) is 9.47 Å². The molecule has 0 aromatic heterocycles. The highest BCUT2D eigenvalue weighted by molar-refractivity contribution is 5.34. The van der Waals surface area contributed by atoms with Crippen molar-refractivity contribution in [3.63, 3.8) is 0 Å². The molecule has 2 saturated heterocycles. The maximum Gasteiger partial charge on any atom is 0.173 e. The Bertz CT molecular complexity index is 957.